The van der Waals surface area contributed by atoms with Gasteiger partial charge < -0.3 is 14.0 Å². The van der Waals surface area contributed by atoms with Crippen LogP contribution < -0.4 is 5.56 Å². The van der Waals surface area contributed by atoms with Crippen LogP contribution in [0.2, 0.25) is 0 Å². The van der Waals surface area contributed by atoms with Crippen molar-refractivity contribution in [3.8, 4) is 10.7 Å². The molecule has 1 fully saturated rings. The number of carbonyl (C=O) groups is 1. The molecule has 0 saturated carbocycles. The van der Waals surface area contributed by atoms with Gasteiger partial charge >= 0.3 is 0 Å². The summed E-state index contributed by atoms with van der Waals surface area (Å²) < 4.78 is 6.83. The fourth-order valence-corrected chi connectivity index (χ4v) is 5.44. The van der Waals surface area contributed by atoms with E-state index in [1.54, 1.807) is 18.4 Å². The molecule has 1 saturated heterocycles. The third-order valence-electron chi connectivity index (χ3n) is 5.43. The lowest BCUT2D eigenvalue weighted by molar-refractivity contribution is 0.0619. The van der Waals surface area contributed by atoms with Crippen LogP contribution in [0.15, 0.2) is 33.2 Å². The van der Waals surface area contributed by atoms with Crippen LogP contribution in [0.1, 0.15) is 21.1 Å². The van der Waals surface area contributed by atoms with E-state index in [0.29, 0.717) is 65.1 Å². The van der Waals surface area contributed by atoms with E-state index < -0.39 is 0 Å². The Bertz CT molecular complexity index is 1300. The summed E-state index contributed by atoms with van der Waals surface area (Å²) in [7, 11) is 1.67. The van der Waals surface area contributed by atoms with Gasteiger partial charge in [0.2, 0.25) is 11.7 Å². The van der Waals surface area contributed by atoms with E-state index in [4.69, 9.17) is 4.52 Å². The highest BCUT2D eigenvalue weighted by Crippen LogP contribution is 2.28. The second-order valence-corrected chi connectivity index (χ2v) is 9.40. The number of amides is 1. The summed E-state index contributed by atoms with van der Waals surface area (Å²) in [5.74, 6) is 1.14. The molecule has 1 aliphatic rings. The van der Waals surface area contributed by atoms with E-state index in [1.807, 2.05) is 29.3 Å². The number of hydrogen-bond donors (Lipinski definition) is 0. The first-order valence-corrected chi connectivity index (χ1v) is 11.5. The summed E-state index contributed by atoms with van der Waals surface area (Å²) >= 11 is 2.87. The van der Waals surface area contributed by atoms with E-state index in [9.17, 15) is 9.59 Å². The summed E-state index contributed by atoms with van der Waals surface area (Å²) in [4.78, 5) is 40.6. The molecule has 0 radical (unpaired) electrons. The predicted molar refractivity (Wildman–Crippen MR) is 118 cm³/mol. The van der Waals surface area contributed by atoms with Crippen LogP contribution in [0.3, 0.4) is 0 Å². The third-order valence-corrected chi connectivity index (χ3v) is 7.49. The van der Waals surface area contributed by atoms with Crippen molar-refractivity contribution in [3.63, 3.8) is 0 Å². The third kappa shape index (κ3) is 3.68. The van der Waals surface area contributed by atoms with E-state index in [-0.39, 0.29) is 11.5 Å². The van der Waals surface area contributed by atoms with Crippen LogP contribution in [0.5, 0.6) is 0 Å². The molecule has 1 aliphatic heterocycles. The minimum Gasteiger partial charge on any atom is -0.338 e. The van der Waals surface area contributed by atoms with Crippen LogP contribution in [-0.4, -0.2) is 61.6 Å². The minimum absolute atomic E-state index is 0.0417. The van der Waals surface area contributed by atoms with Gasteiger partial charge in [0.1, 0.15) is 4.83 Å². The second kappa shape index (κ2) is 7.98. The van der Waals surface area contributed by atoms with Crippen molar-refractivity contribution < 1.29 is 9.32 Å². The zero-order valence-corrected chi connectivity index (χ0v) is 18.7. The van der Waals surface area contributed by atoms with Gasteiger partial charge in [-0.3, -0.25) is 14.5 Å². The predicted octanol–water partition coefficient (Wildman–Crippen LogP) is 2.37. The average Bonchev–Trinajstić information content (AvgIpc) is 3.51. The highest BCUT2D eigenvalue weighted by atomic mass is 32.1. The van der Waals surface area contributed by atoms with Crippen molar-refractivity contribution in [3.05, 3.63) is 50.5 Å². The lowest BCUT2D eigenvalue weighted by Gasteiger charge is -2.33. The van der Waals surface area contributed by atoms with Crippen molar-refractivity contribution in [2.75, 3.05) is 26.2 Å². The van der Waals surface area contributed by atoms with Crippen LogP contribution >= 0.6 is 22.7 Å². The maximum Gasteiger partial charge on any atom is 0.264 e. The van der Waals surface area contributed by atoms with Gasteiger partial charge in [-0.15, -0.1) is 22.7 Å². The molecule has 31 heavy (non-hydrogen) atoms. The number of rotatable bonds is 4. The molecule has 9 nitrogen and oxygen atoms in total. The van der Waals surface area contributed by atoms with Crippen LogP contribution in [0.4, 0.5) is 0 Å². The Labute approximate surface area is 185 Å². The summed E-state index contributed by atoms with van der Waals surface area (Å²) in [6, 6.07) is 3.92. The number of carbonyl (C=O) groups excluding carboxylic acids is 1. The molecule has 0 spiro atoms. The molecular formula is C20H20N6O3S2. The molecule has 0 atom stereocenters. The van der Waals surface area contributed by atoms with E-state index >= 15 is 0 Å². The van der Waals surface area contributed by atoms with Crippen molar-refractivity contribution in [2.45, 2.75) is 13.5 Å². The molecule has 0 aliphatic carbocycles. The first-order chi connectivity index (χ1) is 15.0. The zero-order chi connectivity index (χ0) is 21.5. The van der Waals surface area contributed by atoms with Crippen molar-refractivity contribution in [2.24, 2.45) is 7.05 Å². The molecule has 0 N–H and O–H groups in total. The highest BCUT2D eigenvalue weighted by molar-refractivity contribution is 7.20. The number of aryl methyl sites for hydroxylation is 2. The normalized spacial score (nSPS) is 15.1. The maximum absolute atomic E-state index is 13.1. The fourth-order valence-electron chi connectivity index (χ4n) is 3.68. The Morgan fingerprint density at radius 3 is 2.81 bits per heavy atom. The van der Waals surface area contributed by atoms with Gasteiger partial charge in [0.15, 0.2) is 0 Å². The number of hydrogen-bond acceptors (Lipinski definition) is 9. The molecule has 0 aromatic carbocycles. The summed E-state index contributed by atoms with van der Waals surface area (Å²) in [5.41, 5.74) is 0.595. The number of piperazine rings is 1. The molecular weight excluding hydrogens is 436 g/mol. The van der Waals surface area contributed by atoms with Crippen molar-refractivity contribution >= 4 is 38.8 Å². The summed E-state index contributed by atoms with van der Waals surface area (Å²) in [6.45, 7) is 5.01. The summed E-state index contributed by atoms with van der Waals surface area (Å²) in [6.07, 6.45) is 1.50. The lowest BCUT2D eigenvalue weighted by Crippen LogP contribution is -2.48. The number of fused-ring (bicyclic) bond motifs is 1. The molecule has 0 unspecified atom stereocenters. The van der Waals surface area contributed by atoms with Crippen LogP contribution in [0, 0.1) is 6.92 Å². The highest BCUT2D eigenvalue weighted by Gasteiger charge is 2.27. The average molecular weight is 457 g/mol. The minimum atomic E-state index is -0.121. The Morgan fingerprint density at radius 2 is 2.06 bits per heavy atom. The maximum atomic E-state index is 13.1. The molecule has 1 amide bonds. The van der Waals surface area contributed by atoms with E-state index in [2.05, 4.69) is 20.0 Å². The largest absolute Gasteiger partial charge is 0.338 e. The topological polar surface area (TPSA) is 97.4 Å². The van der Waals surface area contributed by atoms with Gasteiger partial charge in [-0.1, -0.05) is 11.2 Å². The Morgan fingerprint density at radius 1 is 1.26 bits per heavy atom. The smallest absolute Gasteiger partial charge is 0.264 e. The first kappa shape index (κ1) is 20.0. The quantitative estimate of drug-likeness (QED) is 0.465. The molecule has 4 aromatic rings. The molecule has 5 rings (SSSR count). The summed E-state index contributed by atoms with van der Waals surface area (Å²) in [5, 5.41) is 6.57. The van der Waals surface area contributed by atoms with Gasteiger partial charge in [0.25, 0.3) is 11.5 Å². The number of aromatic nitrogens is 4. The number of thiophene rings is 2. The monoisotopic (exact) mass is 456 g/mol. The van der Waals surface area contributed by atoms with Crippen LogP contribution in [-0.2, 0) is 13.6 Å². The molecule has 4 aromatic heterocycles. The first-order valence-electron chi connectivity index (χ1n) is 9.84. The Hall–Kier alpha value is -2.89. The fraction of sp³-hybridized carbons (Fsp3) is 0.350. The van der Waals surface area contributed by atoms with E-state index in [1.165, 1.54) is 22.2 Å². The van der Waals surface area contributed by atoms with Gasteiger partial charge in [-0.2, -0.15) is 4.98 Å². The number of nitrogens with zero attached hydrogens (tertiary/aromatic N) is 6. The van der Waals surface area contributed by atoms with Gasteiger partial charge in [0.05, 0.1) is 28.0 Å². The van der Waals surface area contributed by atoms with Crippen LogP contribution in [0.25, 0.3) is 20.9 Å². The van der Waals surface area contributed by atoms with Gasteiger partial charge in [0, 0.05) is 33.2 Å². The Kier molecular flexibility index (Phi) is 5.16. The second-order valence-electron chi connectivity index (χ2n) is 7.45. The molecule has 160 valence electrons. The molecule has 11 heteroatoms. The standard InChI is InChI=1S/C20H20N6O3S2/c1-12-15-18(21-11-24(2)19(15)27)31-16(12)20(28)26-7-5-25(6-8-26)10-14-22-17(23-29-14)13-4-3-9-30-13/h3-4,9,11H,5-8,10H2,1-2H3. The van der Waals surface area contributed by atoms with Gasteiger partial charge in [-0.25, -0.2) is 4.98 Å². The molecule has 0 bridgehead atoms. The zero-order valence-electron chi connectivity index (χ0n) is 17.1. The lowest BCUT2D eigenvalue weighted by atomic mass is 10.2. The van der Waals surface area contributed by atoms with Gasteiger partial charge in [-0.05, 0) is 23.9 Å². The van der Waals surface area contributed by atoms with E-state index in [0.717, 1.165) is 4.88 Å². The van der Waals surface area contributed by atoms with Crippen molar-refractivity contribution in [1.82, 2.24) is 29.5 Å². The Balaban J connectivity index is 1.25. The SMILES string of the molecule is Cc1c(C(=O)N2CCN(Cc3nc(-c4cccs4)no3)CC2)sc2ncn(C)c(=O)c12. The van der Waals surface area contributed by atoms with Crippen molar-refractivity contribution in [1.29, 1.82) is 0 Å². The molecule has 5 heterocycles.